The molecule has 0 saturated heterocycles. The molecule has 0 aromatic heterocycles. The summed E-state index contributed by atoms with van der Waals surface area (Å²) in [6.45, 7) is 3.27. The molecule has 176 valence electrons. The second-order valence-corrected chi connectivity index (χ2v) is 6.95. The predicted octanol–water partition coefficient (Wildman–Crippen LogP) is 3.65. The number of hydrogen-bond donors (Lipinski definition) is 2. The van der Waals surface area contributed by atoms with Crippen LogP contribution in [0.2, 0.25) is 0 Å². The Labute approximate surface area is 207 Å². The van der Waals surface area contributed by atoms with Gasteiger partial charge in [0.25, 0.3) is 5.91 Å². The van der Waals surface area contributed by atoms with Crippen LogP contribution in [0.3, 0.4) is 0 Å². The fraction of sp³-hybridized carbons (Fsp3) is 0.391. The smallest absolute Gasteiger partial charge is 0.253 e. The third kappa shape index (κ3) is 7.47. The normalized spacial score (nSPS) is 10.6. The van der Waals surface area contributed by atoms with Crippen LogP contribution in [0.5, 0.6) is 17.2 Å². The first-order chi connectivity index (χ1) is 14.9. The lowest BCUT2D eigenvalue weighted by atomic mass is 10.1. The highest BCUT2D eigenvalue weighted by atomic mass is 127. The van der Waals surface area contributed by atoms with Crippen molar-refractivity contribution in [2.24, 2.45) is 4.99 Å². The number of guanidine groups is 1. The average Bonchev–Trinajstić information content (AvgIpc) is 2.78. The van der Waals surface area contributed by atoms with Crippen LogP contribution in [0.1, 0.15) is 22.8 Å². The summed E-state index contributed by atoms with van der Waals surface area (Å²) in [6.07, 6.45) is 0.709. The van der Waals surface area contributed by atoms with Gasteiger partial charge < -0.3 is 29.7 Å². The van der Waals surface area contributed by atoms with Crippen molar-refractivity contribution in [3.05, 3.63) is 47.5 Å². The lowest BCUT2D eigenvalue weighted by Gasteiger charge is -2.16. The molecular formula is C23H33IN4O4. The van der Waals surface area contributed by atoms with Gasteiger partial charge in [-0.2, -0.15) is 0 Å². The van der Waals surface area contributed by atoms with Crippen LogP contribution in [-0.4, -0.2) is 65.3 Å². The van der Waals surface area contributed by atoms with Gasteiger partial charge in [0.1, 0.15) is 0 Å². The van der Waals surface area contributed by atoms with Gasteiger partial charge in [0.2, 0.25) is 5.75 Å². The molecule has 0 atom stereocenters. The van der Waals surface area contributed by atoms with Crippen molar-refractivity contribution in [3.63, 3.8) is 0 Å². The van der Waals surface area contributed by atoms with Crippen LogP contribution < -0.4 is 24.8 Å². The highest BCUT2D eigenvalue weighted by Crippen LogP contribution is 2.39. The maximum atomic E-state index is 12.2. The largest absolute Gasteiger partial charge is 0.493 e. The lowest BCUT2D eigenvalue weighted by Crippen LogP contribution is -2.31. The fourth-order valence-corrected chi connectivity index (χ4v) is 3.01. The van der Waals surface area contributed by atoms with E-state index >= 15 is 0 Å². The van der Waals surface area contributed by atoms with Gasteiger partial charge in [-0.25, -0.2) is 0 Å². The first-order valence-electron chi connectivity index (χ1n) is 10.1. The molecule has 2 aromatic rings. The van der Waals surface area contributed by atoms with Crippen molar-refractivity contribution in [1.82, 2.24) is 10.2 Å². The van der Waals surface area contributed by atoms with Crippen molar-refractivity contribution in [1.29, 1.82) is 0 Å². The molecule has 0 heterocycles. The Morgan fingerprint density at radius 2 is 1.69 bits per heavy atom. The van der Waals surface area contributed by atoms with E-state index in [0.29, 0.717) is 48.3 Å². The van der Waals surface area contributed by atoms with Gasteiger partial charge in [0.15, 0.2) is 17.5 Å². The zero-order valence-corrected chi connectivity index (χ0v) is 21.9. The number of halogens is 1. The molecule has 0 aliphatic heterocycles. The van der Waals surface area contributed by atoms with Crippen LogP contribution >= 0.6 is 24.0 Å². The topological polar surface area (TPSA) is 84.4 Å². The SMILES string of the molecule is CCNC(=NCCc1cccc(C(=O)N(C)C)c1)Nc1cc(OC)c(OC)c(OC)c1.I. The molecule has 0 unspecified atom stereocenters. The Bertz CT molecular complexity index is 894. The van der Waals surface area contributed by atoms with Crippen molar-refractivity contribution in [2.75, 3.05) is 53.8 Å². The van der Waals surface area contributed by atoms with E-state index in [-0.39, 0.29) is 29.9 Å². The highest BCUT2D eigenvalue weighted by Gasteiger charge is 2.14. The quantitative estimate of drug-likeness (QED) is 0.279. The van der Waals surface area contributed by atoms with Gasteiger partial charge in [-0.3, -0.25) is 9.79 Å². The third-order valence-electron chi connectivity index (χ3n) is 4.52. The molecule has 0 fully saturated rings. The van der Waals surface area contributed by atoms with Crippen molar-refractivity contribution in [2.45, 2.75) is 13.3 Å². The van der Waals surface area contributed by atoms with Gasteiger partial charge in [-0.1, -0.05) is 12.1 Å². The van der Waals surface area contributed by atoms with Gasteiger partial charge in [0.05, 0.1) is 21.3 Å². The van der Waals surface area contributed by atoms with E-state index in [1.807, 2.05) is 43.3 Å². The van der Waals surface area contributed by atoms with Gasteiger partial charge in [-0.15, -0.1) is 24.0 Å². The maximum Gasteiger partial charge on any atom is 0.253 e. The standard InChI is InChI=1S/C23H32N4O4.HI/c1-7-24-23(26-18-14-19(29-4)21(31-6)20(15-18)30-5)25-12-11-16-9-8-10-17(13-16)22(28)27(2)3;/h8-10,13-15H,7,11-12H2,1-6H3,(H2,24,25,26);1H. The number of nitrogens with one attached hydrogen (secondary N) is 2. The number of carbonyl (C=O) groups is 1. The molecule has 0 bridgehead atoms. The van der Waals surface area contributed by atoms with E-state index in [2.05, 4.69) is 15.6 Å². The molecule has 9 heteroatoms. The van der Waals surface area contributed by atoms with Crippen molar-refractivity contribution >= 4 is 41.5 Å². The first-order valence-corrected chi connectivity index (χ1v) is 10.1. The lowest BCUT2D eigenvalue weighted by molar-refractivity contribution is 0.0827. The Balaban J connectivity index is 0.00000512. The van der Waals surface area contributed by atoms with Crippen molar-refractivity contribution < 1.29 is 19.0 Å². The van der Waals surface area contributed by atoms with E-state index in [1.54, 1.807) is 40.3 Å². The van der Waals surface area contributed by atoms with Crippen LogP contribution in [-0.2, 0) is 6.42 Å². The summed E-state index contributed by atoms with van der Waals surface area (Å²) in [5, 5.41) is 6.50. The average molecular weight is 556 g/mol. The summed E-state index contributed by atoms with van der Waals surface area (Å²) in [5.41, 5.74) is 2.49. The molecule has 0 aliphatic carbocycles. The minimum atomic E-state index is -0.0113. The molecule has 2 rings (SSSR count). The third-order valence-corrected chi connectivity index (χ3v) is 4.52. The highest BCUT2D eigenvalue weighted by molar-refractivity contribution is 14.0. The molecule has 0 spiro atoms. The summed E-state index contributed by atoms with van der Waals surface area (Å²) in [5.74, 6) is 2.27. The molecule has 32 heavy (non-hydrogen) atoms. The number of methoxy groups -OCH3 is 3. The van der Waals surface area contributed by atoms with Crippen LogP contribution in [0, 0.1) is 0 Å². The fourth-order valence-electron chi connectivity index (χ4n) is 3.01. The number of anilines is 1. The summed E-state index contributed by atoms with van der Waals surface area (Å²) in [6, 6.07) is 11.3. The number of ether oxygens (including phenoxy) is 3. The Morgan fingerprint density at radius 3 is 2.22 bits per heavy atom. The van der Waals surface area contributed by atoms with Crippen molar-refractivity contribution in [3.8, 4) is 17.2 Å². The number of aliphatic imine (C=N–C) groups is 1. The summed E-state index contributed by atoms with van der Waals surface area (Å²) in [7, 11) is 8.22. The minimum Gasteiger partial charge on any atom is -0.493 e. The zero-order valence-electron chi connectivity index (χ0n) is 19.5. The Morgan fingerprint density at radius 1 is 1.03 bits per heavy atom. The number of carbonyl (C=O) groups excluding carboxylic acids is 1. The molecular weight excluding hydrogens is 523 g/mol. The molecule has 2 N–H and O–H groups in total. The van der Waals surface area contributed by atoms with Crippen LogP contribution in [0.15, 0.2) is 41.4 Å². The van der Waals surface area contributed by atoms with E-state index in [4.69, 9.17) is 14.2 Å². The van der Waals surface area contributed by atoms with E-state index in [0.717, 1.165) is 11.3 Å². The number of benzene rings is 2. The monoisotopic (exact) mass is 556 g/mol. The number of nitrogens with zero attached hydrogens (tertiary/aromatic N) is 2. The molecule has 0 aliphatic rings. The molecule has 1 amide bonds. The Hall–Kier alpha value is -2.69. The van der Waals surface area contributed by atoms with E-state index < -0.39 is 0 Å². The minimum absolute atomic E-state index is 0. The first kappa shape index (κ1) is 27.3. The second kappa shape index (κ2) is 13.7. The van der Waals surface area contributed by atoms with Crippen LogP contribution in [0.4, 0.5) is 5.69 Å². The van der Waals surface area contributed by atoms with Crippen LogP contribution in [0.25, 0.3) is 0 Å². The molecule has 0 saturated carbocycles. The van der Waals surface area contributed by atoms with Gasteiger partial charge in [0, 0.05) is 50.6 Å². The molecule has 2 aromatic carbocycles. The summed E-state index contributed by atoms with van der Waals surface area (Å²) < 4.78 is 16.2. The number of rotatable bonds is 9. The second-order valence-electron chi connectivity index (χ2n) is 6.95. The summed E-state index contributed by atoms with van der Waals surface area (Å²) in [4.78, 5) is 18.4. The van der Waals surface area contributed by atoms with E-state index in [9.17, 15) is 4.79 Å². The number of amides is 1. The maximum absolute atomic E-state index is 12.2. The zero-order chi connectivity index (χ0) is 22.8. The predicted molar refractivity (Wildman–Crippen MR) is 139 cm³/mol. The van der Waals surface area contributed by atoms with Gasteiger partial charge in [-0.05, 0) is 31.0 Å². The van der Waals surface area contributed by atoms with Gasteiger partial charge >= 0.3 is 0 Å². The number of hydrogen-bond acceptors (Lipinski definition) is 5. The molecule has 0 radical (unpaired) electrons. The molecule has 8 nitrogen and oxygen atoms in total. The Kier molecular flexibility index (Phi) is 11.7. The summed E-state index contributed by atoms with van der Waals surface area (Å²) >= 11 is 0. The van der Waals surface area contributed by atoms with E-state index in [1.165, 1.54) is 0 Å².